The number of anilines is 2. The van der Waals surface area contributed by atoms with Crippen LogP contribution in [0.3, 0.4) is 0 Å². The molecule has 0 spiro atoms. The molecular formula is C27H32FN4O3S3-. The van der Waals surface area contributed by atoms with E-state index >= 15 is 0 Å². The molecule has 1 aromatic carbocycles. The molecular weight excluding hydrogens is 544 g/mol. The van der Waals surface area contributed by atoms with Gasteiger partial charge < -0.3 is 14.8 Å². The third kappa shape index (κ3) is 6.27. The minimum Gasteiger partial charge on any atom is -0.755 e. The Morgan fingerprint density at radius 1 is 1.29 bits per heavy atom. The molecule has 3 aromatic rings. The van der Waals surface area contributed by atoms with Crippen molar-refractivity contribution in [2.45, 2.75) is 57.9 Å². The van der Waals surface area contributed by atoms with Crippen molar-refractivity contribution >= 4 is 50.5 Å². The van der Waals surface area contributed by atoms with E-state index in [1.54, 1.807) is 29.5 Å². The molecule has 5 rings (SSSR count). The Balaban J connectivity index is 1.31. The highest BCUT2D eigenvalue weighted by Crippen LogP contribution is 2.37. The SMILES string of the molecule is Cc1nc(-c2ccc(N(C(CC3CCCCC3)C(=O)NCCN3CCc4cc(F)ccc43)S(=O)[O-])s2)cs1. The number of nitrogens with zero attached hydrogens (tertiary/aromatic N) is 3. The van der Waals surface area contributed by atoms with Crippen molar-refractivity contribution in [1.82, 2.24) is 10.3 Å². The number of amides is 1. The van der Waals surface area contributed by atoms with Crippen LogP contribution in [0.2, 0.25) is 0 Å². The highest BCUT2D eigenvalue weighted by atomic mass is 32.2. The lowest BCUT2D eigenvalue weighted by molar-refractivity contribution is -0.122. The predicted molar refractivity (Wildman–Crippen MR) is 152 cm³/mol. The van der Waals surface area contributed by atoms with Gasteiger partial charge in [0.15, 0.2) is 0 Å². The first-order chi connectivity index (χ1) is 18.4. The number of hydrogen-bond donors (Lipinski definition) is 1. The monoisotopic (exact) mass is 575 g/mol. The summed E-state index contributed by atoms with van der Waals surface area (Å²) in [5, 5.41) is 6.43. The first-order valence-electron chi connectivity index (χ1n) is 13.1. The number of benzene rings is 1. The van der Waals surface area contributed by atoms with Crippen molar-refractivity contribution in [3.63, 3.8) is 0 Å². The van der Waals surface area contributed by atoms with Crippen LogP contribution in [0.15, 0.2) is 35.7 Å². The highest BCUT2D eigenvalue weighted by molar-refractivity contribution is 7.81. The summed E-state index contributed by atoms with van der Waals surface area (Å²) >= 11 is 0.269. The quantitative estimate of drug-likeness (QED) is 0.326. The van der Waals surface area contributed by atoms with E-state index in [0.29, 0.717) is 30.4 Å². The van der Waals surface area contributed by atoms with Gasteiger partial charge in [0, 0.05) is 42.0 Å². The summed E-state index contributed by atoms with van der Waals surface area (Å²) in [6.07, 6.45) is 6.70. The van der Waals surface area contributed by atoms with Crippen LogP contribution in [0.4, 0.5) is 15.1 Å². The number of carbonyl (C=O) groups is 1. The van der Waals surface area contributed by atoms with Crippen LogP contribution < -0.4 is 14.5 Å². The van der Waals surface area contributed by atoms with Gasteiger partial charge in [0.2, 0.25) is 5.91 Å². The van der Waals surface area contributed by atoms with E-state index in [9.17, 15) is 17.9 Å². The van der Waals surface area contributed by atoms with Gasteiger partial charge in [-0.1, -0.05) is 32.1 Å². The minimum absolute atomic E-state index is 0.239. The van der Waals surface area contributed by atoms with Crippen LogP contribution in [-0.4, -0.2) is 45.3 Å². The van der Waals surface area contributed by atoms with Gasteiger partial charge in [-0.2, -0.15) is 0 Å². The van der Waals surface area contributed by atoms with Gasteiger partial charge in [-0.15, -0.1) is 22.7 Å². The fraction of sp³-hybridized carbons (Fsp3) is 0.481. The summed E-state index contributed by atoms with van der Waals surface area (Å²) in [5.74, 6) is -0.207. The Morgan fingerprint density at radius 3 is 2.84 bits per heavy atom. The maximum atomic E-state index is 13.6. The van der Waals surface area contributed by atoms with E-state index in [-0.39, 0.29) is 11.7 Å². The zero-order chi connectivity index (χ0) is 26.6. The molecule has 2 unspecified atom stereocenters. The molecule has 204 valence electrons. The number of hydrogen-bond acceptors (Lipinski definition) is 7. The van der Waals surface area contributed by atoms with Crippen LogP contribution in [0.1, 0.15) is 49.1 Å². The molecule has 1 amide bonds. The standard InChI is InChI=1S/C27H33FN4O3S3/c1-18-30-22(17-36-18)25-9-10-26(37-25)32(38(34)35)24(15-19-5-3-2-4-6-19)27(33)29-12-14-31-13-11-20-16-21(28)7-8-23(20)31/h7-10,16-17,19,24H,2-6,11-15H2,1H3,(H,29,33)(H,34,35)/p-1. The summed E-state index contributed by atoms with van der Waals surface area (Å²) in [7, 11) is 0. The Labute approximate surface area is 233 Å². The van der Waals surface area contributed by atoms with Crippen molar-refractivity contribution in [2.24, 2.45) is 5.92 Å². The summed E-state index contributed by atoms with van der Waals surface area (Å²) in [6.45, 7) is 3.66. The molecule has 2 atom stereocenters. The van der Waals surface area contributed by atoms with Crippen LogP contribution in [0.25, 0.3) is 10.6 Å². The van der Waals surface area contributed by atoms with Crippen molar-refractivity contribution < 1.29 is 17.9 Å². The summed E-state index contributed by atoms with van der Waals surface area (Å²) in [6, 6.07) is 7.63. The summed E-state index contributed by atoms with van der Waals surface area (Å²) in [4.78, 5) is 21.1. The van der Waals surface area contributed by atoms with E-state index in [1.807, 2.05) is 18.4 Å². The van der Waals surface area contributed by atoms with Crippen LogP contribution >= 0.6 is 22.7 Å². The molecule has 38 heavy (non-hydrogen) atoms. The van der Waals surface area contributed by atoms with Crippen LogP contribution in [0.5, 0.6) is 0 Å². The maximum Gasteiger partial charge on any atom is 0.243 e. The van der Waals surface area contributed by atoms with Crippen LogP contribution in [-0.2, 0) is 22.5 Å². The van der Waals surface area contributed by atoms with Gasteiger partial charge >= 0.3 is 0 Å². The lowest BCUT2D eigenvalue weighted by Gasteiger charge is -2.35. The number of aryl methyl sites for hydroxylation is 1. The summed E-state index contributed by atoms with van der Waals surface area (Å²) < 4.78 is 40.0. The Morgan fingerprint density at radius 2 is 2.11 bits per heavy atom. The van der Waals surface area contributed by atoms with Crippen LogP contribution in [0, 0.1) is 18.7 Å². The van der Waals surface area contributed by atoms with Gasteiger partial charge in [-0.3, -0.25) is 13.3 Å². The second-order valence-electron chi connectivity index (χ2n) is 9.99. The zero-order valence-corrected chi connectivity index (χ0v) is 23.8. The molecule has 0 radical (unpaired) electrons. The molecule has 1 N–H and O–H groups in total. The first-order valence-corrected chi connectivity index (χ1v) is 15.8. The van der Waals surface area contributed by atoms with Gasteiger partial charge in [0.25, 0.3) is 0 Å². The molecule has 3 heterocycles. The number of thiazole rings is 1. The molecule has 0 bridgehead atoms. The second kappa shape index (κ2) is 12.2. The predicted octanol–water partition coefficient (Wildman–Crippen LogP) is 5.44. The second-order valence-corrected chi connectivity index (χ2v) is 12.9. The van der Waals surface area contributed by atoms with E-state index in [4.69, 9.17) is 0 Å². The largest absolute Gasteiger partial charge is 0.755 e. The topological polar surface area (TPSA) is 88.6 Å². The molecule has 1 saturated carbocycles. The Kier molecular flexibility index (Phi) is 8.77. The lowest BCUT2D eigenvalue weighted by Crippen LogP contribution is -2.50. The fourth-order valence-corrected chi connectivity index (χ4v) is 8.05. The third-order valence-corrected chi connectivity index (χ3v) is 10.2. The number of nitrogens with one attached hydrogen (secondary N) is 1. The van der Waals surface area contributed by atoms with E-state index in [1.165, 1.54) is 28.1 Å². The highest BCUT2D eigenvalue weighted by Gasteiger charge is 2.32. The number of aromatic nitrogens is 1. The van der Waals surface area contributed by atoms with Crippen molar-refractivity contribution in [2.75, 3.05) is 28.8 Å². The van der Waals surface area contributed by atoms with Crippen molar-refractivity contribution in [3.05, 3.63) is 52.1 Å². The van der Waals surface area contributed by atoms with E-state index in [2.05, 4.69) is 15.2 Å². The Hall–Kier alpha value is -2.34. The van der Waals surface area contributed by atoms with Crippen molar-refractivity contribution in [1.29, 1.82) is 0 Å². The maximum absolute atomic E-state index is 13.6. The van der Waals surface area contributed by atoms with Gasteiger partial charge in [0.05, 0.1) is 15.6 Å². The zero-order valence-electron chi connectivity index (χ0n) is 21.4. The molecule has 0 saturated heterocycles. The smallest absolute Gasteiger partial charge is 0.243 e. The molecule has 2 aliphatic rings. The number of carbonyl (C=O) groups excluding carboxylic acids is 1. The molecule has 11 heteroatoms. The van der Waals surface area contributed by atoms with Gasteiger partial charge in [-0.05, 0) is 61.6 Å². The Bertz CT molecular complexity index is 1290. The normalized spacial score (nSPS) is 17.3. The molecule has 2 aromatic heterocycles. The summed E-state index contributed by atoms with van der Waals surface area (Å²) in [5.41, 5.74) is 2.78. The fourth-order valence-electron chi connectivity index (χ4n) is 5.54. The third-order valence-electron chi connectivity index (χ3n) is 7.42. The molecule has 1 fully saturated rings. The number of thiophene rings is 1. The van der Waals surface area contributed by atoms with Gasteiger partial charge in [-0.25, -0.2) is 9.37 Å². The van der Waals surface area contributed by atoms with E-state index in [0.717, 1.165) is 65.5 Å². The number of fused-ring (bicyclic) bond motifs is 1. The molecule has 1 aliphatic carbocycles. The van der Waals surface area contributed by atoms with Gasteiger partial charge in [0.1, 0.15) is 16.9 Å². The first kappa shape index (κ1) is 27.2. The average Bonchev–Trinajstić information content (AvgIpc) is 3.64. The number of rotatable bonds is 10. The minimum atomic E-state index is -2.62. The van der Waals surface area contributed by atoms with Crippen molar-refractivity contribution in [3.8, 4) is 10.6 Å². The lowest BCUT2D eigenvalue weighted by atomic mass is 9.84. The number of halogens is 1. The van der Waals surface area contributed by atoms with E-state index < -0.39 is 17.3 Å². The molecule has 7 nitrogen and oxygen atoms in total. The molecule has 1 aliphatic heterocycles. The average molecular weight is 576 g/mol.